The van der Waals surface area contributed by atoms with Crippen LogP contribution >= 0.6 is 45.3 Å². The van der Waals surface area contributed by atoms with Crippen LogP contribution in [0.1, 0.15) is 59.2 Å². The second-order valence-corrected chi connectivity index (χ2v) is 26.7. The molecule has 28 heteroatoms. The van der Waals surface area contributed by atoms with Gasteiger partial charge in [-0.15, -0.1) is 45.3 Å². The lowest BCUT2D eigenvalue weighted by molar-refractivity contribution is 0.101. The maximum Gasteiger partial charge on any atom is 0.324 e. The third-order valence-electron chi connectivity index (χ3n) is 15.6. The van der Waals surface area contributed by atoms with Crippen molar-refractivity contribution in [1.29, 1.82) is 0 Å². The summed E-state index contributed by atoms with van der Waals surface area (Å²) in [4.78, 5) is 88.9. The molecule has 8 heterocycles. The van der Waals surface area contributed by atoms with E-state index in [1.165, 1.54) is 57.5 Å². The molecule has 0 bridgehead atoms. The molecule has 0 aliphatic rings. The van der Waals surface area contributed by atoms with Crippen LogP contribution in [-0.2, 0) is 0 Å². The fourth-order valence-electron chi connectivity index (χ4n) is 9.98. The van der Waals surface area contributed by atoms with Crippen LogP contribution in [0.3, 0.4) is 0 Å². The Kier molecular flexibility index (Phi) is 23.1. The summed E-state index contributed by atoms with van der Waals surface area (Å²) < 4.78 is 5.05. The Balaban J connectivity index is 0.000000150. The maximum absolute atomic E-state index is 12.9. The summed E-state index contributed by atoms with van der Waals surface area (Å²) in [6, 6.07) is 50.8. The molecule has 105 heavy (non-hydrogen) atoms. The fourth-order valence-corrected chi connectivity index (χ4v) is 12.8. The second-order valence-electron chi connectivity index (χ2n) is 23.2. The van der Waals surface area contributed by atoms with Gasteiger partial charge in [0.15, 0.2) is 21.2 Å². The number of benzene rings is 6. The molecule has 0 aliphatic carbocycles. The molecule has 0 spiro atoms. The van der Waals surface area contributed by atoms with Crippen LogP contribution < -0.4 is 53.2 Å². The minimum absolute atomic E-state index is 0.123. The predicted molar refractivity (Wildman–Crippen MR) is 420 cm³/mol. The Hall–Kier alpha value is -13.3. The molecule has 0 atom stereocenters. The first-order valence-corrected chi connectivity index (χ1v) is 35.8. The highest BCUT2D eigenvalue weighted by atomic mass is 32.1. The number of pyridine rings is 3. The number of amides is 7. The van der Waals surface area contributed by atoms with Crippen molar-refractivity contribution in [3.05, 3.63) is 279 Å². The van der Waals surface area contributed by atoms with Crippen LogP contribution in [0.15, 0.2) is 239 Å². The highest BCUT2D eigenvalue weighted by Crippen LogP contribution is 2.34. The summed E-state index contributed by atoms with van der Waals surface area (Å²) in [5.74, 6) is -0.127. The monoisotopic (exact) mass is 1470 g/mol. The SMILES string of the molecule is Cc1ccc(NC(=O)c2ccc(NC(=O)Nc3c(C)noc3C)cc2)cc1Nc1nc(-c2cccnc2)cs1.Cc1ccc(NC(=O)c2ccc(NC(=O)Nc3cccs3)cc2)cc1Nc1nc(-c2cccnc2)cs1.Cc1ccc(NC(=O)c2ccc(O)cc2)cc1Nc1nc(-c2cccnc2)cs1. The number of aryl methyl sites for hydroxylation is 5. The zero-order valence-electron chi connectivity index (χ0n) is 56.7. The van der Waals surface area contributed by atoms with Crippen LogP contribution in [0.2, 0.25) is 0 Å². The fraction of sp³-hybridized carbons (Fsp3) is 0.0649. The number of thiazole rings is 3. The third kappa shape index (κ3) is 19.6. The summed E-state index contributed by atoms with van der Waals surface area (Å²) in [6.07, 6.45) is 10.5. The molecule has 8 aromatic heterocycles. The number of phenols is 1. The van der Waals surface area contributed by atoms with Gasteiger partial charge in [-0.25, -0.2) is 24.5 Å². The molecule has 14 aromatic rings. The molecule has 0 aliphatic heterocycles. The summed E-state index contributed by atoms with van der Waals surface area (Å²) in [7, 11) is 0. The number of urea groups is 2. The van der Waals surface area contributed by atoms with Crippen molar-refractivity contribution in [2.24, 2.45) is 0 Å². The maximum atomic E-state index is 12.9. The molecule has 14 rings (SSSR count). The van der Waals surface area contributed by atoms with Gasteiger partial charge in [0, 0.05) is 132 Å². The van der Waals surface area contributed by atoms with Gasteiger partial charge >= 0.3 is 12.1 Å². The number of thiophene rings is 1. The second kappa shape index (κ2) is 33.9. The van der Waals surface area contributed by atoms with Gasteiger partial charge in [-0.1, -0.05) is 23.4 Å². The number of nitrogens with one attached hydrogen (secondary N) is 10. The summed E-state index contributed by atoms with van der Waals surface area (Å²) >= 11 is 5.93. The predicted octanol–water partition coefficient (Wildman–Crippen LogP) is 19.2. The van der Waals surface area contributed by atoms with E-state index in [4.69, 9.17) is 4.52 Å². The first-order chi connectivity index (χ1) is 51.0. The molecule has 7 amide bonds. The largest absolute Gasteiger partial charge is 0.508 e. The topological polar surface area (TPSA) is 329 Å². The van der Waals surface area contributed by atoms with E-state index in [1.54, 1.807) is 112 Å². The van der Waals surface area contributed by atoms with Gasteiger partial charge in [0.1, 0.15) is 17.1 Å². The van der Waals surface area contributed by atoms with Crippen LogP contribution in [0.25, 0.3) is 33.8 Å². The van der Waals surface area contributed by atoms with Crippen molar-refractivity contribution in [1.82, 2.24) is 35.1 Å². The normalized spacial score (nSPS) is 10.6. The van der Waals surface area contributed by atoms with Gasteiger partial charge in [-0.2, -0.15) is 0 Å². The van der Waals surface area contributed by atoms with Crippen molar-refractivity contribution in [3.63, 3.8) is 0 Å². The molecule has 24 nitrogen and oxygen atoms in total. The molecule has 0 unspecified atom stereocenters. The number of aromatic hydroxyl groups is 1. The molecular weight excluding hydrogens is 1400 g/mol. The van der Waals surface area contributed by atoms with Gasteiger partial charge < -0.3 is 57.5 Å². The van der Waals surface area contributed by atoms with E-state index in [2.05, 4.69) is 88.2 Å². The summed E-state index contributed by atoms with van der Waals surface area (Å²) in [5.41, 5.74) is 16.6. The Morgan fingerprint density at radius 2 is 0.762 bits per heavy atom. The Bertz CT molecular complexity index is 5310. The van der Waals surface area contributed by atoms with Crippen molar-refractivity contribution in [3.8, 4) is 39.5 Å². The van der Waals surface area contributed by atoms with E-state index < -0.39 is 6.03 Å². The number of carbonyl (C=O) groups is 5. The molecule has 6 aromatic carbocycles. The van der Waals surface area contributed by atoms with E-state index in [1.807, 2.05) is 145 Å². The molecule has 0 saturated heterocycles. The Morgan fingerprint density at radius 1 is 0.390 bits per heavy atom. The van der Waals surface area contributed by atoms with Crippen LogP contribution in [-0.4, -0.2) is 70.0 Å². The highest BCUT2D eigenvalue weighted by molar-refractivity contribution is 7.15. The lowest BCUT2D eigenvalue weighted by Crippen LogP contribution is -2.20. The Labute approximate surface area is 618 Å². The van der Waals surface area contributed by atoms with Crippen molar-refractivity contribution < 1.29 is 33.6 Å². The minimum atomic E-state index is -0.436. The summed E-state index contributed by atoms with van der Waals surface area (Å²) in [5, 5.41) is 53.7. The quantitative estimate of drug-likeness (QED) is 0.0358. The Morgan fingerprint density at radius 3 is 1.10 bits per heavy atom. The third-order valence-corrected chi connectivity index (χ3v) is 18.6. The molecule has 0 fully saturated rings. The average Bonchev–Trinajstić information content (AvgIpc) is 1.83. The van der Waals surface area contributed by atoms with Gasteiger partial charge in [0.2, 0.25) is 0 Å². The number of phenolic OH excluding ortho intramolecular Hbond substituents is 1. The highest BCUT2D eigenvalue weighted by Gasteiger charge is 2.17. The lowest BCUT2D eigenvalue weighted by atomic mass is 10.1. The van der Waals surface area contributed by atoms with E-state index in [0.29, 0.717) is 62.3 Å². The molecule has 0 saturated carbocycles. The number of hydrogen-bond donors (Lipinski definition) is 11. The van der Waals surface area contributed by atoms with Crippen molar-refractivity contribution >= 4 is 147 Å². The van der Waals surface area contributed by atoms with Gasteiger partial charge in [-0.3, -0.25) is 34.7 Å². The zero-order chi connectivity index (χ0) is 73.2. The van der Waals surface area contributed by atoms with E-state index in [-0.39, 0.29) is 29.5 Å². The molecular formula is C77H65N17O7S4. The van der Waals surface area contributed by atoms with Crippen LogP contribution in [0.5, 0.6) is 5.75 Å². The van der Waals surface area contributed by atoms with E-state index >= 15 is 0 Å². The molecule has 0 radical (unpaired) electrons. The van der Waals surface area contributed by atoms with Gasteiger partial charge in [0.05, 0.1) is 22.1 Å². The first kappa shape index (κ1) is 71.5. The number of rotatable bonds is 19. The van der Waals surface area contributed by atoms with Gasteiger partial charge in [-0.05, 0) is 214 Å². The number of nitrogens with zero attached hydrogens (tertiary/aromatic N) is 7. The number of aromatic nitrogens is 7. The number of hydrogen-bond acceptors (Lipinski definition) is 21. The van der Waals surface area contributed by atoms with Crippen LogP contribution in [0, 0.1) is 34.6 Å². The molecule has 524 valence electrons. The summed E-state index contributed by atoms with van der Waals surface area (Å²) in [6.45, 7) is 9.42. The van der Waals surface area contributed by atoms with Crippen molar-refractivity contribution in [2.45, 2.75) is 34.6 Å². The van der Waals surface area contributed by atoms with Crippen LogP contribution in [0.4, 0.5) is 81.2 Å². The average molecular weight is 1470 g/mol. The zero-order valence-corrected chi connectivity index (χ0v) is 59.9. The van der Waals surface area contributed by atoms with E-state index in [0.717, 1.165) is 87.9 Å². The van der Waals surface area contributed by atoms with Crippen molar-refractivity contribution in [2.75, 3.05) is 53.2 Å². The number of anilines is 13. The number of carbonyl (C=O) groups excluding carboxylic acids is 5. The standard InChI is InChI=1S/C28H25N7O3S.C27H22N6O2S2.C22H18N4O2S/c1-16-6-9-22(13-23(16)32-28-33-24(15-39-28)20-5-4-12-29-14-20)30-26(36)19-7-10-21(11-8-19)31-27(37)34-25-17(2)35-38-18(25)3;1-17-6-9-21(14-22(17)31-27-32-23(16-37-27)19-4-2-12-28-15-19)29-25(34)18-7-10-20(11-8-18)30-26(35)33-24-5-3-13-36-24;1-14-4-7-17(24-21(28)15-5-8-18(27)9-6-15)11-19(14)25-22-26-20(13-29-22)16-3-2-10-23-12-16/h4-15H,1-3H3,(H,30,36)(H,32,33)(H2,31,34,37);2-16H,1H3,(H,29,34)(H,31,32)(H2,30,33,35);2-13,27H,1H3,(H,24,28)(H,25,26). The smallest absolute Gasteiger partial charge is 0.324 e. The lowest BCUT2D eigenvalue weighted by Gasteiger charge is -2.11. The van der Waals surface area contributed by atoms with Gasteiger partial charge in [0.25, 0.3) is 17.7 Å². The van der Waals surface area contributed by atoms with E-state index in [9.17, 15) is 29.1 Å². The molecule has 11 N–H and O–H groups in total. The first-order valence-electron chi connectivity index (χ1n) is 32.2. The minimum Gasteiger partial charge on any atom is -0.508 e.